The third-order valence-electron chi connectivity index (χ3n) is 4.91. The van der Waals surface area contributed by atoms with E-state index < -0.39 is 22.4 Å². The number of aryl methyl sites for hydroxylation is 1. The van der Waals surface area contributed by atoms with Gasteiger partial charge in [0.15, 0.2) is 0 Å². The van der Waals surface area contributed by atoms with Crippen molar-refractivity contribution in [3.63, 3.8) is 0 Å². The Morgan fingerprint density at radius 3 is 2.63 bits per heavy atom. The highest BCUT2D eigenvalue weighted by molar-refractivity contribution is 7.84. The van der Waals surface area contributed by atoms with E-state index in [1.54, 1.807) is 12.5 Å². The van der Waals surface area contributed by atoms with E-state index in [2.05, 4.69) is 14.9 Å². The molecule has 0 saturated carbocycles. The Labute approximate surface area is 158 Å². The molecule has 3 aromatic rings. The molecule has 0 aliphatic carbocycles. The molecule has 1 aromatic carbocycles. The number of nitrogens with zero attached hydrogens (tertiary/aromatic N) is 2. The van der Waals surface area contributed by atoms with Crippen molar-refractivity contribution in [1.82, 2.24) is 9.97 Å². The molecule has 4 nitrogen and oxygen atoms in total. The first kappa shape index (κ1) is 17.9. The Hall–Kier alpha value is -2.54. The van der Waals surface area contributed by atoms with Gasteiger partial charge in [-0.2, -0.15) is 0 Å². The number of aromatic amines is 1. The molecule has 0 saturated heterocycles. The number of rotatable bonds is 3. The van der Waals surface area contributed by atoms with Crippen LogP contribution >= 0.6 is 0 Å². The number of hydrogen-bond donors (Lipinski definition) is 1. The number of pyridine rings is 1. The fourth-order valence-corrected chi connectivity index (χ4v) is 4.09. The highest BCUT2D eigenvalue weighted by Crippen LogP contribution is 2.32. The minimum atomic E-state index is -1.12. The highest BCUT2D eigenvalue weighted by Gasteiger charge is 2.23. The quantitative estimate of drug-likeness (QED) is 0.740. The molecule has 3 heterocycles. The largest absolute Gasteiger partial charge is 0.365 e. The lowest BCUT2D eigenvalue weighted by Crippen LogP contribution is -2.30. The van der Waals surface area contributed by atoms with E-state index in [4.69, 9.17) is 0 Å². The van der Waals surface area contributed by atoms with E-state index in [-0.39, 0.29) is 5.56 Å². The number of halogens is 2. The molecule has 0 radical (unpaired) electrons. The molecule has 1 unspecified atom stereocenters. The Morgan fingerprint density at radius 1 is 1.22 bits per heavy atom. The summed E-state index contributed by atoms with van der Waals surface area (Å²) in [6, 6.07) is 7.55. The summed E-state index contributed by atoms with van der Waals surface area (Å²) < 4.78 is 39.8. The lowest BCUT2D eigenvalue weighted by atomic mass is 10.1. The minimum absolute atomic E-state index is 0.0222. The molecule has 1 N–H and O–H groups in total. The van der Waals surface area contributed by atoms with Gasteiger partial charge >= 0.3 is 0 Å². The van der Waals surface area contributed by atoms with E-state index in [9.17, 15) is 13.0 Å². The summed E-state index contributed by atoms with van der Waals surface area (Å²) in [5.41, 5.74) is 4.45. The van der Waals surface area contributed by atoms with Gasteiger partial charge in [0.05, 0.1) is 33.9 Å². The fraction of sp³-hybridized carbons (Fsp3) is 0.250. The number of benzene rings is 1. The maximum atomic E-state index is 14.1. The molecule has 1 atom stereocenters. The van der Waals surface area contributed by atoms with Gasteiger partial charge in [0.2, 0.25) is 0 Å². The molecule has 0 fully saturated rings. The van der Waals surface area contributed by atoms with Gasteiger partial charge in [0.1, 0.15) is 16.7 Å². The van der Waals surface area contributed by atoms with Gasteiger partial charge in [-0.25, -0.2) is 13.8 Å². The maximum absolute atomic E-state index is 14.1. The van der Waals surface area contributed by atoms with Crippen LogP contribution in [0, 0.1) is 18.6 Å². The van der Waals surface area contributed by atoms with Gasteiger partial charge < -0.3 is 9.88 Å². The first-order valence-electron chi connectivity index (χ1n) is 8.64. The second-order valence-corrected chi connectivity index (χ2v) is 8.04. The molecule has 140 valence electrons. The van der Waals surface area contributed by atoms with Crippen LogP contribution in [0.4, 0.5) is 14.5 Å². The van der Waals surface area contributed by atoms with Crippen molar-refractivity contribution in [3.8, 4) is 11.3 Å². The second-order valence-electron chi connectivity index (χ2n) is 6.72. The second kappa shape index (κ2) is 6.88. The molecule has 0 bridgehead atoms. The fourth-order valence-electron chi connectivity index (χ4n) is 3.54. The van der Waals surface area contributed by atoms with Crippen LogP contribution in [0.1, 0.15) is 16.8 Å². The summed E-state index contributed by atoms with van der Waals surface area (Å²) in [5.74, 6) is -1.15. The number of anilines is 1. The Morgan fingerprint density at radius 2 is 1.96 bits per heavy atom. The predicted molar refractivity (Wildman–Crippen MR) is 102 cm³/mol. The molecule has 4 rings (SSSR count). The third-order valence-corrected chi connectivity index (χ3v) is 5.72. The van der Waals surface area contributed by atoms with Crippen LogP contribution in [-0.4, -0.2) is 27.0 Å². The maximum Gasteiger partial charge on any atom is 0.135 e. The number of aromatic nitrogens is 2. The first-order chi connectivity index (χ1) is 12.9. The number of fused-ring (bicyclic) bond motifs is 1. The standard InChI is InChI=1S/C20H19F2N3OS/c1-12-8-19(27(2)26)23-10-18(12)25-7-6-16-13(11-25)9-17(24-16)20-14(21)4-3-5-15(20)22/h3-5,8-10,24H,6-7,11H2,1-2H3. The third kappa shape index (κ3) is 3.27. The van der Waals surface area contributed by atoms with Gasteiger partial charge in [-0.3, -0.25) is 4.21 Å². The Kier molecular flexibility index (Phi) is 4.55. The van der Waals surface area contributed by atoms with Gasteiger partial charge in [-0.1, -0.05) is 6.07 Å². The van der Waals surface area contributed by atoms with E-state index >= 15 is 0 Å². The lowest BCUT2D eigenvalue weighted by molar-refractivity contribution is 0.589. The normalized spacial score (nSPS) is 14.9. The molecule has 1 aliphatic rings. The molecule has 1 aliphatic heterocycles. The van der Waals surface area contributed by atoms with Gasteiger partial charge in [-0.15, -0.1) is 0 Å². The van der Waals surface area contributed by atoms with Crippen molar-refractivity contribution >= 4 is 16.5 Å². The SMILES string of the molecule is Cc1cc(S(C)=O)ncc1N1CCc2[nH]c(-c3c(F)cccc3F)cc2C1. The van der Waals surface area contributed by atoms with Crippen molar-refractivity contribution < 1.29 is 13.0 Å². The average molecular weight is 387 g/mol. The molecule has 0 amide bonds. The van der Waals surface area contributed by atoms with Crippen molar-refractivity contribution in [3.05, 3.63) is 65.0 Å². The molecule has 27 heavy (non-hydrogen) atoms. The van der Waals surface area contributed by atoms with E-state index in [0.717, 1.165) is 35.5 Å². The van der Waals surface area contributed by atoms with Crippen molar-refractivity contribution in [2.45, 2.75) is 24.9 Å². The topological polar surface area (TPSA) is 49.0 Å². The summed E-state index contributed by atoms with van der Waals surface area (Å²) in [6.45, 7) is 3.36. The van der Waals surface area contributed by atoms with Gasteiger partial charge in [0.25, 0.3) is 0 Å². The predicted octanol–water partition coefficient (Wildman–Crippen LogP) is 3.96. The van der Waals surface area contributed by atoms with Crippen LogP contribution in [0.25, 0.3) is 11.3 Å². The summed E-state index contributed by atoms with van der Waals surface area (Å²) in [4.78, 5) is 9.66. The van der Waals surface area contributed by atoms with Crippen LogP contribution < -0.4 is 4.90 Å². The van der Waals surface area contributed by atoms with Crippen molar-refractivity contribution in [2.75, 3.05) is 17.7 Å². The zero-order valence-corrected chi connectivity index (χ0v) is 15.9. The summed E-state index contributed by atoms with van der Waals surface area (Å²) >= 11 is 0. The van der Waals surface area contributed by atoms with E-state index in [1.165, 1.54) is 18.2 Å². The molecule has 2 aromatic heterocycles. The molecular weight excluding hydrogens is 368 g/mol. The minimum Gasteiger partial charge on any atom is -0.365 e. The Bertz CT molecular complexity index is 1030. The first-order valence-corrected chi connectivity index (χ1v) is 10.2. The van der Waals surface area contributed by atoms with Crippen LogP contribution in [0.5, 0.6) is 0 Å². The molecular formula is C20H19F2N3OS. The van der Waals surface area contributed by atoms with Crippen LogP contribution in [0.3, 0.4) is 0 Å². The number of hydrogen-bond acceptors (Lipinski definition) is 3. The van der Waals surface area contributed by atoms with Gasteiger partial charge in [-0.05, 0) is 42.3 Å². The highest BCUT2D eigenvalue weighted by atomic mass is 32.2. The average Bonchev–Trinajstić information content (AvgIpc) is 3.04. The molecule has 0 spiro atoms. The summed E-state index contributed by atoms with van der Waals surface area (Å²) in [7, 11) is -1.12. The van der Waals surface area contributed by atoms with Gasteiger partial charge in [0, 0.05) is 31.5 Å². The Balaban J connectivity index is 1.65. The van der Waals surface area contributed by atoms with Crippen molar-refractivity contribution in [1.29, 1.82) is 0 Å². The molecule has 7 heteroatoms. The summed E-state index contributed by atoms with van der Waals surface area (Å²) in [6.07, 6.45) is 4.10. The lowest BCUT2D eigenvalue weighted by Gasteiger charge is -2.30. The monoisotopic (exact) mass is 387 g/mol. The smallest absolute Gasteiger partial charge is 0.135 e. The summed E-state index contributed by atoms with van der Waals surface area (Å²) in [5, 5.41) is 0.563. The zero-order chi connectivity index (χ0) is 19.1. The van der Waals surface area contributed by atoms with E-state index in [0.29, 0.717) is 17.3 Å². The van der Waals surface area contributed by atoms with Crippen molar-refractivity contribution in [2.24, 2.45) is 0 Å². The van der Waals surface area contributed by atoms with Crippen LogP contribution in [-0.2, 0) is 23.8 Å². The number of H-pyrrole nitrogens is 1. The van der Waals surface area contributed by atoms with E-state index in [1.807, 2.05) is 19.1 Å². The van der Waals surface area contributed by atoms with Crippen LogP contribution in [0.15, 0.2) is 41.6 Å². The zero-order valence-electron chi connectivity index (χ0n) is 15.1. The van der Waals surface area contributed by atoms with Crippen LogP contribution in [0.2, 0.25) is 0 Å². The number of nitrogens with one attached hydrogen (secondary N) is 1.